The van der Waals surface area contributed by atoms with Crippen molar-refractivity contribution in [2.24, 2.45) is 0 Å². The van der Waals surface area contributed by atoms with Crippen LogP contribution in [0.1, 0.15) is 200 Å². The molecule has 0 aliphatic rings. The highest BCUT2D eigenvalue weighted by atomic mass is 16.5. The first-order valence-corrected chi connectivity index (χ1v) is 19.9. The molecule has 0 spiro atoms. The third kappa shape index (κ3) is 31.1. The van der Waals surface area contributed by atoms with Crippen LogP contribution in [0.5, 0.6) is 0 Å². The van der Waals surface area contributed by atoms with Gasteiger partial charge in [0.15, 0.2) is 0 Å². The molecule has 0 heterocycles. The van der Waals surface area contributed by atoms with Crippen molar-refractivity contribution in [3.63, 3.8) is 0 Å². The summed E-state index contributed by atoms with van der Waals surface area (Å²) in [6, 6.07) is -1.38. The zero-order chi connectivity index (χ0) is 35.5. The van der Waals surface area contributed by atoms with Crippen LogP contribution < -0.4 is 10.6 Å². The smallest absolute Gasteiger partial charge is 0.328 e. The van der Waals surface area contributed by atoms with Gasteiger partial charge in [-0.25, -0.2) is 4.79 Å². The summed E-state index contributed by atoms with van der Waals surface area (Å²) in [5.74, 6) is -2.28. The van der Waals surface area contributed by atoms with Gasteiger partial charge >= 0.3 is 11.9 Å². The van der Waals surface area contributed by atoms with Gasteiger partial charge in [-0.05, 0) is 38.5 Å². The van der Waals surface area contributed by atoms with Gasteiger partial charge in [0.1, 0.15) is 12.1 Å². The lowest BCUT2D eigenvalue weighted by Gasteiger charge is -2.18. The highest BCUT2D eigenvalue weighted by molar-refractivity contribution is 5.87. The lowest BCUT2D eigenvalue weighted by molar-refractivity contribution is -0.150. The maximum atomic E-state index is 12.6. The molecule has 0 fully saturated rings. The standard InChI is InChI=1S/C39H74N2O7/c1-3-5-7-9-11-12-13-14-15-16-18-20-24-28-34(48-38(45)31-27-23-17-10-8-6-4-2)29-25-21-19-22-26-30-36(43)40-32-37(44)41-35(33-42)39(46)47/h34-35,42H,3-33H2,1-2H3,(H,40,43)(H,41,44)(H,46,47). The minimum absolute atomic E-state index is 0.00163. The zero-order valence-electron chi connectivity index (χ0n) is 31.0. The molecule has 0 aromatic carbocycles. The van der Waals surface area contributed by atoms with Gasteiger partial charge < -0.3 is 25.6 Å². The molecule has 0 aromatic heterocycles. The van der Waals surface area contributed by atoms with Crippen LogP contribution in [0.25, 0.3) is 0 Å². The SMILES string of the molecule is CCCCCCCCCCCCCCCC(CCCCCCCC(=O)NCC(=O)NC(CO)C(=O)O)OC(=O)CCCCCCCCC. The van der Waals surface area contributed by atoms with Gasteiger partial charge in [-0.3, -0.25) is 14.4 Å². The van der Waals surface area contributed by atoms with Crippen molar-refractivity contribution in [3.05, 3.63) is 0 Å². The van der Waals surface area contributed by atoms with E-state index in [1.807, 2.05) is 0 Å². The summed E-state index contributed by atoms with van der Waals surface area (Å²) >= 11 is 0. The van der Waals surface area contributed by atoms with E-state index < -0.39 is 24.5 Å². The van der Waals surface area contributed by atoms with Crippen LogP contribution in [0.3, 0.4) is 0 Å². The molecule has 0 aromatic rings. The molecule has 9 nitrogen and oxygen atoms in total. The molecular formula is C39H74N2O7. The largest absolute Gasteiger partial charge is 0.480 e. The van der Waals surface area contributed by atoms with E-state index in [-0.39, 0.29) is 24.5 Å². The van der Waals surface area contributed by atoms with E-state index in [9.17, 15) is 19.2 Å². The molecule has 9 heteroatoms. The van der Waals surface area contributed by atoms with Crippen LogP contribution in [-0.4, -0.2) is 59.3 Å². The Labute approximate surface area is 293 Å². The van der Waals surface area contributed by atoms with Crippen molar-refractivity contribution >= 4 is 23.8 Å². The summed E-state index contributed by atoms with van der Waals surface area (Å²) in [5.41, 5.74) is 0. The summed E-state index contributed by atoms with van der Waals surface area (Å²) in [5, 5.41) is 22.5. The fourth-order valence-electron chi connectivity index (χ4n) is 6.01. The third-order valence-electron chi connectivity index (χ3n) is 9.10. The molecule has 0 radical (unpaired) electrons. The van der Waals surface area contributed by atoms with E-state index in [1.165, 1.54) is 109 Å². The Morgan fingerprint density at radius 3 is 1.35 bits per heavy atom. The number of carbonyl (C=O) groups is 4. The number of carboxylic acid groups (broad SMARTS) is 1. The van der Waals surface area contributed by atoms with Gasteiger partial charge in [-0.1, -0.05) is 149 Å². The number of unbranched alkanes of at least 4 members (excludes halogenated alkanes) is 22. The molecule has 0 aliphatic heterocycles. The molecule has 0 rings (SSSR count). The fourth-order valence-corrected chi connectivity index (χ4v) is 6.01. The van der Waals surface area contributed by atoms with Gasteiger partial charge in [-0.15, -0.1) is 0 Å². The van der Waals surface area contributed by atoms with Crippen LogP contribution in [0.15, 0.2) is 0 Å². The van der Waals surface area contributed by atoms with E-state index in [2.05, 4.69) is 24.5 Å². The Balaban J connectivity index is 4.23. The minimum atomic E-state index is -1.38. The maximum absolute atomic E-state index is 12.6. The molecule has 2 unspecified atom stereocenters. The summed E-state index contributed by atoms with van der Waals surface area (Å²) in [6.45, 7) is 3.46. The molecule has 0 saturated carbocycles. The monoisotopic (exact) mass is 683 g/mol. The molecule has 2 amide bonds. The molecule has 4 N–H and O–H groups in total. The average molecular weight is 683 g/mol. The highest BCUT2D eigenvalue weighted by Gasteiger charge is 2.19. The maximum Gasteiger partial charge on any atom is 0.328 e. The number of hydrogen-bond acceptors (Lipinski definition) is 6. The number of esters is 1. The normalized spacial score (nSPS) is 12.4. The summed E-state index contributed by atoms with van der Waals surface area (Å²) in [7, 11) is 0. The van der Waals surface area contributed by atoms with Gasteiger partial charge in [0.25, 0.3) is 0 Å². The lowest BCUT2D eigenvalue weighted by atomic mass is 10.0. The van der Waals surface area contributed by atoms with Crippen LogP contribution in [-0.2, 0) is 23.9 Å². The number of amides is 2. The minimum Gasteiger partial charge on any atom is -0.480 e. The van der Waals surface area contributed by atoms with Gasteiger partial charge in [0.05, 0.1) is 13.2 Å². The Morgan fingerprint density at radius 1 is 0.542 bits per heavy atom. The van der Waals surface area contributed by atoms with Crippen LogP contribution in [0.2, 0.25) is 0 Å². The molecule has 48 heavy (non-hydrogen) atoms. The average Bonchev–Trinajstić information content (AvgIpc) is 3.07. The van der Waals surface area contributed by atoms with Crippen LogP contribution in [0, 0.1) is 0 Å². The van der Waals surface area contributed by atoms with Gasteiger partial charge in [0, 0.05) is 12.8 Å². The Morgan fingerprint density at radius 2 is 0.938 bits per heavy atom. The second-order valence-corrected chi connectivity index (χ2v) is 13.7. The summed E-state index contributed by atoms with van der Waals surface area (Å²) in [6.07, 6.45) is 32.8. The summed E-state index contributed by atoms with van der Waals surface area (Å²) < 4.78 is 5.98. The quantitative estimate of drug-likeness (QED) is 0.0382. The first-order chi connectivity index (χ1) is 23.3. The predicted octanol–water partition coefficient (Wildman–Crippen LogP) is 8.93. The first-order valence-electron chi connectivity index (χ1n) is 19.9. The second-order valence-electron chi connectivity index (χ2n) is 13.7. The molecule has 2 atom stereocenters. The van der Waals surface area contributed by atoms with E-state index >= 15 is 0 Å². The van der Waals surface area contributed by atoms with Crippen LogP contribution in [0.4, 0.5) is 0 Å². The summed E-state index contributed by atoms with van der Waals surface area (Å²) in [4.78, 5) is 47.3. The van der Waals surface area contributed by atoms with Gasteiger partial charge in [-0.2, -0.15) is 0 Å². The van der Waals surface area contributed by atoms with E-state index in [0.717, 1.165) is 57.8 Å². The van der Waals surface area contributed by atoms with Crippen molar-refractivity contribution in [2.45, 2.75) is 212 Å². The molecular weight excluding hydrogens is 608 g/mol. The Bertz CT molecular complexity index is 792. The number of carboxylic acids is 1. The van der Waals surface area contributed by atoms with E-state index in [1.54, 1.807) is 0 Å². The molecule has 0 bridgehead atoms. The highest BCUT2D eigenvalue weighted by Crippen LogP contribution is 2.19. The van der Waals surface area contributed by atoms with E-state index in [0.29, 0.717) is 19.3 Å². The Hall–Kier alpha value is -2.16. The Kier molecular flexibility index (Phi) is 33.1. The number of rotatable bonds is 36. The predicted molar refractivity (Wildman–Crippen MR) is 195 cm³/mol. The number of aliphatic hydroxyl groups excluding tert-OH is 1. The number of ether oxygens (including phenoxy) is 1. The zero-order valence-corrected chi connectivity index (χ0v) is 31.0. The van der Waals surface area contributed by atoms with E-state index in [4.69, 9.17) is 14.9 Å². The van der Waals surface area contributed by atoms with Gasteiger partial charge in [0.2, 0.25) is 11.8 Å². The molecule has 282 valence electrons. The topological polar surface area (TPSA) is 142 Å². The number of aliphatic hydroxyl groups is 1. The van der Waals surface area contributed by atoms with Crippen molar-refractivity contribution in [1.82, 2.24) is 10.6 Å². The number of carbonyl (C=O) groups excluding carboxylic acids is 3. The van der Waals surface area contributed by atoms with Crippen molar-refractivity contribution in [3.8, 4) is 0 Å². The number of aliphatic carboxylic acids is 1. The number of nitrogens with one attached hydrogen (secondary N) is 2. The van der Waals surface area contributed by atoms with Crippen molar-refractivity contribution in [2.75, 3.05) is 13.2 Å². The molecule has 0 saturated heterocycles. The second kappa shape index (κ2) is 34.7. The number of hydrogen-bond donors (Lipinski definition) is 4. The lowest BCUT2D eigenvalue weighted by Crippen LogP contribution is -2.47. The fraction of sp³-hybridized carbons (Fsp3) is 0.897. The van der Waals surface area contributed by atoms with Crippen LogP contribution >= 0.6 is 0 Å². The van der Waals surface area contributed by atoms with Crippen molar-refractivity contribution < 1.29 is 34.1 Å². The first kappa shape index (κ1) is 45.8. The molecule has 0 aliphatic carbocycles. The van der Waals surface area contributed by atoms with Crippen molar-refractivity contribution in [1.29, 1.82) is 0 Å². The third-order valence-corrected chi connectivity index (χ3v) is 9.10.